The molecule has 0 aromatic carbocycles. The number of thiophene rings is 1. The van der Waals surface area contributed by atoms with Crippen molar-refractivity contribution in [3.8, 4) is 0 Å². The Bertz CT molecular complexity index is 640. The number of rotatable bonds is 3. The zero-order valence-corrected chi connectivity index (χ0v) is 14.3. The third-order valence-electron chi connectivity index (χ3n) is 4.17. The summed E-state index contributed by atoms with van der Waals surface area (Å²) in [6.45, 7) is 4.22. The lowest BCUT2D eigenvalue weighted by Crippen LogP contribution is -2.45. The van der Waals surface area contributed by atoms with Crippen molar-refractivity contribution in [2.24, 2.45) is 0 Å². The van der Waals surface area contributed by atoms with Gasteiger partial charge in [0.05, 0.1) is 5.39 Å². The summed E-state index contributed by atoms with van der Waals surface area (Å²) in [5.41, 5.74) is 0. The van der Waals surface area contributed by atoms with Gasteiger partial charge in [0.15, 0.2) is 0 Å². The fourth-order valence-electron chi connectivity index (χ4n) is 2.91. The number of piperidine rings is 1. The number of halogens is 1. The van der Waals surface area contributed by atoms with Gasteiger partial charge in [-0.25, -0.2) is 4.98 Å². The molecule has 0 spiro atoms. The summed E-state index contributed by atoms with van der Waals surface area (Å²) in [6, 6.07) is 2.80. The fourth-order valence-corrected chi connectivity index (χ4v) is 4.09. The van der Waals surface area contributed by atoms with E-state index in [2.05, 4.69) is 46.9 Å². The molecular formula is C15H21ClN4S. The van der Waals surface area contributed by atoms with Crippen molar-refractivity contribution >= 4 is 39.0 Å². The Labute approximate surface area is 134 Å². The van der Waals surface area contributed by atoms with Crippen molar-refractivity contribution in [1.29, 1.82) is 0 Å². The molecule has 1 fully saturated rings. The van der Waals surface area contributed by atoms with Crippen LogP contribution in [0.3, 0.4) is 0 Å². The van der Waals surface area contributed by atoms with Gasteiger partial charge in [0.2, 0.25) is 5.28 Å². The topological polar surface area (TPSA) is 32.3 Å². The SMILES string of the molecule is CCc1cc2c(N3CCCC(N(C)C)C3)nc(Cl)nc2s1. The van der Waals surface area contributed by atoms with E-state index in [0.29, 0.717) is 11.3 Å². The Morgan fingerprint density at radius 1 is 1.43 bits per heavy atom. The summed E-state index contributed by atoms with van der Waals surface area (Å²) in [5.74, 6) is 1.01. The molecule has 2 aromatic rings. The van der Waals surface area contributed by atoms with Crippen molar-refractivity contribution in [3.63, 3.8) is 0 Å². The van der Waals surface area contributed by atoms with E-state index in [9.17, 15) is 0 Å². The maximum atomic E-state index is 6.14. The third-order valence-corrected chi connectivity index (χ3v) is 5.51. The van der Waals surface area contributed by atoms with Gasteiger partial charge in [0.25, 0.3) is 0 Å². The molecule has 0 amide bonds. The van der Waals surface area contributed by atoms with Gasteiger partial charge in [-0.05, 0) is 51.0 Å². The molecule has 1 atom stereocenters. The standard InChI is InChI=1S/C15H21ClN4S/c1-4-11-8-12-13(17-15(16)18-14(12)21-11)20-7-5-6-10(9-20)19(2)3/h8,10H,4-7,9H2,1-3H3. The second-order valence-corrected chi connectivity index (χ2v) is 7.26. The van der Waals surface area contributed by atoms with Crippen LogP contribution in [0.15, 0.2) is 6.07 Å². The van der Waals surface area contributed by atoms with Gasteiger partial charge in [-0.1, -0.05) is 6.92 Å². The molecule has 3 rings (SSSR count). The number of hydrogen-bond donors (Lipinski definition) is 0. The van der Waals surface area contributed by atoms with E-state index >= 15 is 0 Å². The Morgan fingerprint density at radius 2 is 2.24 bits per heavy atom. The maximum absolute atomic E-state index is 6.14. The number of anilines is 1. The normalized spacial score (nSPS) is 19.7. The summed E-state index contributed by atoms with van der Waals surface area (Å²) in [5, 5.41) is 1.51. The highest BCUT2D eigenvalue weighted by Crippen LogP contribution is 2.33. The van der Waals surface area contributed by atoms with Gasteiger partial charge in [-0.2, -0.15) is 4.98 Å². The molecule has 6 heteroatoms. The number of likely N-dealkylation sites (N-methyl/N-ethyl adjacent to an activating group) is 1. The Kier molecular flexibility index (Phi) is 4.33. The Morgan fingerprint density at radius 3 is 2.95 bits per heavy atom. The van der Waals surface area contributed by atoms with Gasteiger partial charge >= 0.3 is 0 Å². The van der Waals surface area contributed by atoms with Crippen LogP contribution >= 0.6 is 22.9 Å². The minimum atomic E-state index is 0.356. The van der Waals surface area contributed by atoms with Crippen LogP contribution in [0, 0.1) is 0 Å². The smallest absolute Gasteiger partial charge is 0.225 e. The summed E-state index contributed by atoms with van der Waals surface area (Å²) in [4.78, 5) is 15.9. The van der Waals surface area contributed by atoms with Gasteiger partial charge in [0, 0.05) is 24.0 Å². The summed E-state index contributed by atoms with van der Waals surface area (Å²) in [7, 11) is 4.30. The molecule has 3 heterocycles. The van der Waals surface area contributed by atoms with Crippen molar-refractivity contribution in [1.82, 2.24) is 14.9 Å². The molecular weight excluding hydrogens is 304 g/mol. The average Bonchev–Trinajstić information content (AvgIpc) is 2.89. The van der Waals surface area contributed by atoms with E-state index in [4.69, 9.17) is 11.6 Å². The second kappa shape index (κ2) is 6.07. The van der Waals surface area contributed by atoms with Crippen LogP contribution in [0.1, 0.15) is 24.6 Å². The van der Waals surface area contributed by atoms with E-state index in [0.717, 1.165) is 35.5 Å². The Balaban J connectivity index is 2.00. The Hall–Kier alpha value is -0.910. The van der Waals surface area contributed by atoms with Crippen molar-refractivity contribution < 1.29 is 0 Å². The average molecular weight is 325 g/mol. The molecule has 114 valence electrons. The van der Waals surface area contributed by atoms with Crippen LogP contribution < -0.4 is 4.90 Å². The minimum Gasteiger partial charge on any atom is -0.354 e. The van der Waals surface area contributed by atoms with E-state index in [1.54, 1.807) is 11.3 Å². The highest BCUT2D eigenvalue weighted by Gasteiger charge is 2.24. The van der Waals surface area contributed by atoms with Crippen molar-refractivity contribution in [3.05, 3.63) is 16.2 Å². The van der Waals surface area contributed by atoms with Gasteiger partial charge in [-0.3, -0.25) is 0 Å². The van der Waals surface area contributed by atoms with Gasteiger partial charge in [0.1, 0.15) is 10.6 Å². The fraction of sp³-hybridized carbons (Fsp3) is 0.600. The van der Waals surface area contributed by atoms with Gasteiger partial charge in [-0.15, -0.1) is 11.3 Å². The lowest BCUT2D eigenvalue weighted by Gasteiger charge is -2.37. The van der Waals surface area contributed by atoms with Crippen LogP contribution in [0.5, 0.6) is 0 Å². The third kappa shape index (κ3) is 3.00. The first-order chi connectivity index (χ1) is 10.1. The van der Waals surface area contributed by atoms with E-state index in [-0.39, 0.29) is 0 Å². The van der Waals surface area contributed by atoms with Crippen LogP contribution in [0.2, 0.25) is 5.28 Å². The highest BCUT2D eigenvalue weighted by molar-refractivity contribution is 7.18. The molecule has 0 N–H and O–H groups in total. The van der Waals surface area contributed by atoms with Crippen molar-refractivity contribution in [2.75, 3.05) is 32.1 Å². The molecule has 21 heavy (non-hydrogen) atoms. The summed E-state index contributed by atoms with van der Waals surface area (Å²) in [6.07, 6.45) is 3.46. The first-order valence-corrected chi connectivity index (χ1v) is 8.65. The molecule has 1 aliphatic heterocycles. The van der Waals surface area contributed by atoms with E-state index < -0.39 is 0 Å². The zero-order valence-electron chi connectivity index (χ0n) is 12.8. The second-order valence-electron chi connectivity index (χ2n) is 5.81. The monoisotopic (exact) mass is 324 g/mol. The first-order valence-electron chi connectivity index (χ1n) is 7.45. The number of nitrogens with zero attached hydrogens (tertiary/aromatic N) is 4. The van der Waals surface area contributed by atoms with Crippen LogP contribution in [0.25, 0.3) is 10.2 Å². The lowest BCUT2D eigenvalue weighted by molar-refractivity contribution is 0.257. The lowest BCUT2D eigenvalue weighted by atomic mass is 10.0. The largest absolute Gasteiger partial charge is 0.354 e. The summed E-state index contributed by atoms with van der Waals surface area (Å²) < 4.78 is 0. The molecule has 0 radical (unpaired) electrons. The first kappa shape index (κ1) is 15.0. The maximum Gasteiger partial charge on any atom is 0.225 e. The van der Waals surface area contributed by atoms with Crippen molar-refractivity contribution in [2.45, 2.75) is 32.2 Å². The number of aromatic nitrogens is 2. The molecule has 1 unspecified atom stereocenters. The minimum absolute atomic E-state index is 0.356. The van der Waals surface area contributed by atoms with E-state index in [1.807, 2.05) is 0 Å². The summed E-state index contributed by atoms with van der Waals surface area (Å²) >= 11 is 7.87. The highest BCUT2D eigenvalue weighted by atomic mass is 35.5. The molecule has 2 aromatic heterocycles. The molecule has 1 aliphatic rings. The number of fused-ring (bicyclic) bond motifs is 1. The predicted octanol–water partition coefficient (Wildman–Crippen LogP) is 3.44. The predicted molar refractivity (Wildman–Crippen MR) is 90.7 cm³/mol. The quantitative estimate of drug-likeness (QED) is 0.810. The van der Waals surface area contributed by atoms with Crippen LogP contribution in [-0.2, 0) is 6.42 Å². The molecule has 4 nitrogen and oxygen atoms in total. The zero-order chi connectivity index (χ0) is 15.0. The van der Waals surface area contributed by atoms with Crippen LogP contribution in [-0.4, -0.2) is 48.1 Å². The molecule has 0 bridgehead atoms. The molecule has 0 aliphatic carbocycles. The van der Waals surface area contributed by atoms with E-state index in [1.165, 1.54) is 17.7 Å². The molecule has 1 saturated heterocycles. The van der Waals surface area contributed by atoms with Gasteiger partial charge < -0.3 is 9.80 Å². The molecule has 0 saturated carbocycles. The number of hydrogen-bond acceptors (Lipinski definition) is 5. The number of aryl methyl sites for hydroxylation is 1. The van der Waals surface area contributed by atoms with Crippen LogP contribution in [0.4, 0.5) is 5.82 Å².